The van der Waals surface area contributed by atoms with Crippen molar-refractivity contribution in [2.75, 3.05) is 13.1 Å². The third-order valence-corrected chi connectivity index (χ3v) is 15.0. The van der Waals surface area contributed by atoms with E-state index in [1.54, 1.807) is 77.9 Å². The molecule has 4 aromatic heterocycles. The second kappa shape index (κ2) is 22.8. The number of nitrogens with zero attached hydrogens (tertiary/aromatic N) is 8. The van der Waals surface area contributed by atoms with E-state index in [1.165, 1.54) is 41.8 Å². The summed E-state index contributed by atoms with van der Waals surface area (Å²) in [4.78, 5) is 67.4. The summed E-state index contributed by atoms with van der Waals surface area (Å²) >= 11 is 12.4. The van der Waals surface area contributed by atoms with E-state index in [1.807, 2.05) is 13.8 Å². The average Bonchev–Trinajstić information content (AvgIpc) is 4.10. The van der Waals surface area contributed by atoms with Gasteiger partial charge in [0.05, 0.1) is 75.5 Å². The lowest BCUT2D eigenvalue weighted by Crippen LogP contribution is -2.47. The maximum Gasteiger partial charge on any atom is 0.411 e. The SMILES string of the molecule is CC(C)(C)OC(=O)N1C[C@H](O)C[C@@H]1C(=O)O.Cc1ccc(S(=O)(=O)n2cc(Cl)c3nc(CN)cnc32)cc1.Cc1ccc(S(=O)(=O)n2cc(Cl)c3nc(CNC(=O)[C@H]4C[C@@H](O)CN4C(=O)OC(C)(C)C)cnc32)cc1. The minimum Gasteiger partial charge on any atom is -0.480 e. The fraction of sp³-hybridized carbons (Fsp3) is 0.417. The number of nitrogens with two attached hydrogens (primary N) is 1. The van der Waals surface area contributed by atoms with Crippen LogP contribution in [0.5, 0.6) is 0 Å². The molecule has 0 unspecified atom stereocenters. The first kappa shape index (κ1) is 57.8. The predicted octanol–water partition coefficient (Wildman–Crippen LogP) is 5.15. The Morgan fingerprint density at radius 1 is 0.680 bits per heavy atom. The zero-order valence-electron chi connectivity index (χ0n) is 42.1. The Morgan fingerprint density at radius 2 is 1.07 bits per heavy atom. The number of benzene rings is 2. The van der Waals surface area contributed by atoms with E-state index < -0.39 is 79.6 Å². The standard InChI is InChI=1S/C24H28ClN5O6S.C14H13ClN4O2S.C10H17NO5/c1-14-5-7-17(8-6-14)37(34,35)30-13-18(25)20-21(30)26-10-15(28-20)11-27-22(32)19-9-16(31)12-29(19)23(33)36-24(2,3)4;1-9-2-4-11(5-3-9)22(20,21)19-8-12(15)13-14(19)17-7-10(6-16)18-13;1-10(2,3)16-9(15)11-5-6(12)4-7(11)8(13)14/h5-8,10,13,16,19,31H,9,11-12H2,1-4H3,(H,27,32);2-5,7-8H,6,16H2,1H3;6-7,12H,4-5H2,1-3H3,(H,13,14)/t16-,19-;;6-,7-/m1.1/s1. The van der Waals surface area contributed by atoms with Crippen molar-refractivity contribution in [2.45, 2.75) is 127 Å². The molecule has 404 valence electrons. The molecule has 0 radical (unpaired) electrons. The van der Waals surface area contributed by atoms with Crippen LogP contribution in [0, 0.1) is 13.8 Å². The number of aromatic nitrogens is 6. The number of halogens is 2. The van der Waals surface area contributed by atoms with Crippen molar-refractivity contribution in [1.82, 2.24) is 43.0 Å². The molecule has 6 aromatic rings. The lowest BCUT2D eigenvalue weighted by molar-refractivity contribution is -0.142. The number of aryl methyl sites for hydroxylation is 2. The van der Waals surface area contributed by atoms with Gasteiger partial charge in [0.25, 0.3) is 20.0 Å². The highest BCUT2D eigenvalue weighted by Gasteiger charge is 2.42. The number of amides is 3. The van der Waals surface area contributed by atoms with Gasteiger partial charge in [0, 0.05) is 31.8 Å². The Bertz CT molecular complexity index is 3320. The summed E-state index contributed by atoms with van der Waals surface area (Å²) in [5.74, 6) is -1.61. The number of aliphatic carboxylic acids is 1. The van der Waals surface area contributed by atoms with Crippen molar-refractivity contribution in [1.29, 1.82) is 0 Å². The van der Waals surface area contributed by atoms with Crippen LogP contribution in [0.4, 0.5) is 9.59 Å². The van der Waals surface area contributed by atoms with Gasteiger partial charge in [0.1, 0.15) is 34.3 Å². The molecule has 2 aliphatic heterocycles. The van der Waals surface area contributed by atoms with Crippen molar-refractivity contribution in [3.63, 3.8) is 0 Å². The molecule has 23 nitrogen and oxygen atoms in total. The zero-order chi connectivity index (χ0) is 55.5. The minimum absolute atomic E-state index is 0.00583. The van der Waals surface area contributed by atoms with Gasteiger partial charge in [0.15, 0.2) is 11.3 Å². The van der Waals surface area contributed by atoms with Gasteiger partial charge in [-0.2, -0.15) is 0 Å². The maximum absolute atomic E-state index is 13.1. The predicted molar refractivity (Wildman–Crippen MR) is 275 cm³/mol. The van der Waals surface area contributed by atoms with Gasteiger partial charge >= 0.3 is 18.2 Å². The van der Waals surface area contributed by atoms with Gasteiger partial charge in [-0.25, -0.2) is 59.1 Å². The fourth-order valence-electron chi connectivity index (χ4n) is 7.58. The van der Waals surface area contributed by atoms with Gasteiger partial charge in [-0.05, 0) is 79.7 Å². The summed E-state index contributed by atoms with van der Waals surface area (Å²) in [7, 11) is -7.74. The third kappa shape index (κ3) is 13.9. The molecular formula is C48H58Cl2N10O13S2. The van der Waals surface area contributed by atoms with Crippen LogP contribution in [0.2, 0.25) is 10.0 Å². The first-order valence-electron chi connectivity index (χ1n) is 23.2. The number of carboxylic acid groups (broad SMARTS) is 1. The van der Waals surface area contributed by atoms with E-state index in [0.717, 1.165) is 24.0 Å². The number of rotatable bonds is 9. The van der Waals surface area contributed by atoms with E-state index in [4.69, 9.17) is 43.5 Å². The molecule has 2 fully saturated rings. The summed E-state index contributed by atoms with van der Waals surface area (Å²) in [6.45, 7) is 14.1. The van der Waals surface area contributed by atoms with Crippen LogP contribution in [0.1, 0.15) is 76.9 Å². The van der Waals surface area contributed by atoms with Crippen molar-refractivity contribution in [2.24, 2.45) is 5.73 Å². The highest BCUT2D eigenvalue weighted by atomic mass is 35.5. The highest BCUT2D eigenvalue weighted by Crippen LogP contribution is 2.29. The van der Waals surface area contributed by atoms with Gasteiger partial charge in [-0.15, -0.1) is 0 Å². The molecule has 8 rings (SSSR count). The maximum atomic E-state index is 13.1. The van der Waals surface area contributed by atoms with E-state index in [2.05, 4.69) is 25.3 Å². The molecule has 6 N–H and O–H groups in total. The number of carbonyl (C=O) groups excluding carboxylic acids is 3. The van der Waals surface area contributed by atoms with E-state index in [-0.39, 0.29) is 75.7 Å². The minimum atomic E-state index is -3.96. The second-order valence-corrected chi connectivity index (χ2v) is 24.0. The normalized spacial score (nSPS) is 18.0. The average molecular weight is 1120 g/mol. The molecule has 0 spiro atoms. The number of aliphatic hydroxyl groups excluding tert-OH is 2. The van der Waals surface area contributed by atoms with E-state index >= 15 is 0 Å². The van der Waals surface area contributed by atoms with Crippen LogP contribution in [0.25, 0.3) is 22.3 Å². The molecule has 6 heterocycles. The monoisotopic (exact) mass is 1120 g/mol. The smallest absolute Gasteiger partial charge is 0.411 e. The lowest BCUT2D eigenvalue weighted by atomic mass is 10.2. The number of aliphatic hydroxyl groups is 2. The number of hydrogen-bond donors (Lipinski definition) is 5. The van der Waals surface area contributed by atoms with Crippen LogP contribution >= 0.6 is 23.2 Å². The Morgan fingerprint density at radius 3 is 1.47 bits per heavy atom. The van der Waals surface area contributed by atoms with Crippen molar-refractivity contribution < 1.29 is 60.8 Å². The number of likely N-dealkylation sites (tertiary alicyclic amines) is 2. The number of carboxylic acids is 1. The molecule has 0 saturated carbocycles. The molecule has 27 heteroatoms. The molecule has 75 heavy (non-hydrogen) atoms. The number of hydrogen-bond acceptors (Lipinski definition) is 17. The molecule has 3 amide bonds. The number of ether oxygens (including phenoxy) is 2. The van der Waals surface area contributed by atoms with Crippen molar-refractivity contribution in [3.05, 3.63) is 106 Å². The van der Waals surface area contributed by atoms with Crippen LogP contribution in [0.3, 0.4) is 0 Å². The second-order valence-electron chi connectivity index (χ2n) is 19.6. The van der Waals surface area contributed by atoms with Gasteiger partial charge in [-0.3, -0.25) is 14.6 Å². The topological polar surface area (TPSA) is 322 Å². The van der Waals surface area contributed by atoms with Crippen LogP contribution in [-0.2, 0) is 52.2 Å². The van der Waals surface area contributed by atoms with Gasteiger partial charge in [-0.1, -0.05) is 58.6 Å². The number of carbonyl (C=O) groups is 4. The largest absolute Gasteiger partial charge is 0.480 e. The quantitative estimate of drug-likeness (QED) is 0.125. The lowest BCUT2D eigenvalue weighted by Gasteiger charge is -2.27. The molecule has 4 atom stereocenters. The Kier molecular flexibility index (Phi) is 17.6. The fourth-order valence-corrected chi connectivity index (χ4v) is 10.8. The molecule has 2 aromatic carbocycles. The summed E-state index contributed by atoms with van der Waals surface area (Å²) in [6, 6.07) is 11.1. The van der Waals surface area contributed by atoms with Crippen molar-refractivity contribution in [3.8, 4) is 0 Å². The molecular weight excluding hydrogens is 1060 g/mol. The third-order valence-electron chi connectivity index (χ3n) is 11.1. The number of β-amino-alcohol motifs (C(OH)–C–C–N with tert-alkyl or cyclic N) is 2. The zero-order valence-corrected chi connectivity index (χ0v) is 45.3. The first-order valence-corrected chi connectivity index (χ1v) is 26.8. The van der Waals surface area contributed by atoms with Crippen LogP contribution in [-0.4, -0.2) is 142 Å². The summed E-state index contributed by atoms with van der Waals surface area (Å²) in [5.41, 5.74) is 7.57. The van der Waals surface area contributed by atoms with Gasteiger partial charge in [0.2, 0.25) is 5.91 Å². The Hall–Kier alpha value is -6.48. The van der Waals surface area contributed by atoms with E-state index in [9.17, 15) is 46.2 Å². The molecule has 0 bridgehead atoms. The number of fused-ring (bicyclic) bond motifs is 2. The van der Waals surface area contributed by atoms with Crippen LogP contribution < -0.4 is 11.1 Å². The summed E-state index contributed by atoms with van der Waals surface area (Å²) < 4.78 is 64.2. The Balaban J connectivity index is 0.000000203. The molecule has 0 aliphatic carbocycles. The van der Waals surface area contributed by atoms with Crippen molar-refractivity contribution >= 4 is 89.6 Å². The van der Waals surface area contributed by atoms with E-state index in [0.29, 0.717) is 16.9 Å². The summed E-state index contributed by atoms with van der Waals surface area (Å²) in [5, 5.41) is 31.3. The van der Waals surface area contributed by atoms with Gasteiger partial charge < -0.3 is 35.8 Å². The number of nitrogens with one attached hydrogen (secondary N) is 1. The Labute approximate surface area is 442 Å². The highest BCUT2D eigenvalue weighted by molar-refractivity contribution is 7.90. The first-order chi connectivity index (χ1) is 34.9. The molecule has 2 saturated heterocycles. The summed E-state index contributed by atoms with van der Waals surface area (Å²) in [6.07, 6.45) is 2.42. The van der Waals surface area contributed by atoms with Crippen LogP contribution in [0.15, 0.2) is 83.1 Å². The molecule has 2 aliphatic rings.